The molecule has 1 aromatic carbocycles. The van der Waals surface area contributed by atoms with Crippen molar-refractivity contribution in [2.75, 3.05) is 11.4 Å². The minimum Gasteiger partial charge on any atom is -0.284 e. The Hall–Kier alpha value is 0.138. The minimum atomic E-state index is -1.39. The maximum Gasteiger partial charge on any atom is 0.404 e. The van der Waals surface area contributed by atoms with Crippen molar-refractivity contribution in [3.8, 4) is 0 Å². The lowest BCUT2D eigenvalue weighted by Gasteiger charge is -2.40. The first-order valence-corrected chi connectivity index (χ1v) is 38.7. The van der Waals surface area contributed by atoms with Crippen LogP contribution in [0.3, 0.4) is 0 Å². The zero-order chi connectivity index (χ0) is 30.8. The average Bonchev–Trinajstić information content (AvgIpc) is 2.78. The van der Waals surface area contributed by atoms with Crippen LogP contribution in [-0.2, 0) is 0 Å². The van der Waals surface area contributed by atoms with Gasteiger partial charge in [0.25, 0.3) is 0 Å². The summed E-state index contributed by atoms with van der Waals surface area (Å²) >= 11 is 0. The molecule has 0 saturated heterocycles. The van der Waals surface area contributed by atoms with Crippen molar-refractivity contribution in [3.05, 3.63) is 30.3 Å². The number of hydrogen-bond acceptors (Lipinski definition) is 1. The molecule has 0 bridgehead atoms. The van der Waals surface area contributed by atoms with Crippen LogP contribution in [0.5, 0.6) is 0 Å². The zero-order valence-electron chi connectivity index (χ0n) is 28.6. The Balaban J connectivity index is 2.82. The molecule has 40 heavy (non-hydrogen) atoms. The fourth-order valence-corrected chi connectivity index (χ4v) is 60.2. The van der Waals surface area contributed by atoms with Crippen LogP contribution < -0.4 is 4.90 Å². The van der Waals surface area contributed by atoms with E-state index in [1.54, 1.807) is 34.8 Å². The molecule has 0 aromatic heterocycles. The van der Waals surface area contributed by atoms with E-state index in [2.05, 4.69) is 78.6 Å². The number of halogens is 1. The Bertz CT molecular complexity index is 872. The lowest BCUT2D eigenvalue weighted by Crippen LogP contribution is -2.47. The largest absolute Gasteiger partial charge is 0.404 e. The molecule has 0 radical (unpaired) electrons. The highest BCUT2D eigenvalue weighted by molar-refractivity contribution is 7.01. The normalized spacial score (nSPS) is 14.7. The third kappa shape index (κ3) is 15.6. The first-order valence-electron chi connectivity index (χ1n) is 16.3. The van der Waals surface area contributed by atoms with Crippen LogP contribution in [-0.4, -0.2) is 71.4 Å². The number of benzene rings is 1. The van der Waals surface area contributed by atoms with Crippen LogP contribution in [0, 0.1) is 0 Å². The second kappa shape index (κ2) is 16.8. The van der Waals surface area contributed by atoms with E-state index < -0.39 is 64.8 Å². The van der Waals surface area contributed by atoms with E-state index in [-0.39, 0.29) is 0 Å². The van der Waals surface area contributed by atoms with Crippen LogP contribution in [0.4, 0.5) is 14.9 Å². The number of rotatable bonds is 19. The van der Waals surface area contributed by atoms with Gasteiger partial charge in [-0.1, -0.05) is 150 Å². The first kappa shape index (κ1) is 38.2. The number of nitrogens with zero attached hydrogens (tertiary/aromatic N) is 1. The highest BCUT2D eigenvalue weighted by Crippen LogP contribution is 2.37. The molecule has 10 heteroatoms. The standard InChI is InChI=1S/C30H66FNOSi7/c1-34(2)25-39(11,26-35(3)4)23-24-40(12,27-36(5)6)28-38(9,10)22-21-37(7,8)20-16-19-32(30(31)33)29-17-14-13-15-18-29/h13-15,17-18,34-36H,16,19-28H2,1-12H3. The monoisotopic (exact) mass is 671 g/mol. The van der Waals surface area contributed by atoms with Gasteiger partial charge in [-0.3, -0.25) is 4.90 Å². The van der Waals surface area contributed by atoms with Gasteiger partial charge in [0.2, 0.25) is 0 Å². The van der Waals surface area contributed by atoms with Crippen molar-refractivity contribution >= 4 is 70.5 Å². The molecule has 0 heterocycles. The molecule has 1 aromatic rings. The Morgan fingerprint density at radius 3 is 1.60 bits per heavy atom. The molecule has 0 aliphatic heterocycles. The summed E-state index contributed by atoms with van der Waals surface area (Å²) in [4.78, 5) is 13.0. The van der Waals surface area contributed by atoms with E-state index in [9.17, 15) is 9.18 Å². The van der Waals surface area contributed by atoms with Crippen LogP contribution in [0.2, 0.25) is 131 Å². The Labute approximate surface area is 258 Å². The van der Waals surface area contributed by atoms with Gasteiger partial charge in [-0.05, 0) is 18.6 Å². The molecule has 0 aliphatic rings. The molecule has 0 saturated carbocycles. The van der Waals surface area contributed by atoms with Gasteiger partial charge >= 0.3 is 6.16 Å². The van der Waals surface area contributed by atoms with Crippen molar-refractivity contribution in [3.63, 3.8) is 0 Å². The molecule has 0 N–H and O–H groups in total. The van der Waals surface area contributed by atoms with Gasteiger partial charge in [-0.15, -0.1) is 4.39 Å². The quantitative estimate of drug-likeness (QED) is 0.0814. The lowest BCUT2D eigenvalue weighted by molar-refractivity contribution is 0.228. The summed E-state index contributed by atoms with van der Waals surface area (Å²) in [5.74, 6) is 0. The van der Waals surface area contributed by atoms with Crippen LogP contribution in [0.25, 0.3) is 0 Å². The third-order valence-electron chi connectivity index (χ3n) is 8.93. The number of carbonyl (C=O) groups is 1. The summed E-state index contributed by atoms with van der Waals surface area (Å²) in [5, 5.41) is 0. The molecule has 232 valence electrons. The second-order valence-corrected chi connectivity index (χ2v) is 49.8. The summed E-state index contributed by atoms with van der Waals surface area (Å²) in [6.07, 6.45) is -0.429. The van der Waals surface area contributed by atoms with Gasteiger partial charge in [0.15, 0.2) is 0 Å². The van der Waals surface area contributed by atoms with Gasteiger partial charge in [-0.25, -0.2) is 4.79 Å². The number of carbonyl (C=O) groups excluding carboxylic acids is 1. The summed E-state index contributed by atoms with van der Waals surface area (Å²) < 4.78 is 13.8. The highest BCUT2D eigenvalue weighted by atomic mass is 28.4. The number of anilines is 1. The van der Waals surface area contributed by atoms with Crippen molar-refractivity contribution < 1.29 is 9.18 Å². The van der Waals surface area contributed by atoms with E-state index in [1.807, 2.05) is 30.3 Å². The molecule has 0 fully saturated rings. The molecule has 1 rings (SSSR count). The van der Waals surface area contributed by atoms with E-state index in [1.165, 1.54) is 23.0 Å². The Morgan fingerprint density at radius 1 is 0.675 bits per heavy atom. The number of para-hydroxylation sites is 1. The second-order valence-electron chi connectivity index (χ2n) is 16.8. The first-order chi connectivity index (χ1) is 18.3. The smallest absolute Gasteiger partial charge is 0.284 e. The SMILES string of the molecule is C[SiH](C)C[Si](C)(CC[Si](C)(C[SiH](C)C)C[Si](C)(C)CC[Si](C)(C)CCCN(C(=O)F)c1ccccc1)C[SiH](C)C. The van der Waals surface area contributed by atoms with Crippen molar-refractivity contribution in [2.24, 2.45) is 0 Å². The fourth-order valence-electron chi connectivity index (χ4n) is 7.80. The van der Waals surface area contributed by atoms with Crippen LogP contribution in [0.15, 0.2) is 30.3 Å². The summed E-state index contributed by atoms with van der Waals surface area (Å²) in [5.41, 5.74) is 7.32. The van der Waals surface area contributed by atoms with E-state index in [0.29, 0.717) is 12.2 Å². The maximum absolute atomic E-state index is 13.8. The summed E-state index contributed by atoms with van der Waals surface area (Å²) in [6, 6.07) is 16.6. The highest BCUT2D eigenvalue weighted by Gasteiger charge is 2.39. The summed E-state index contributed by atoms with van der Waals surface area (Å²) in [6.45, 7) is 32.2. The zero-order valence-corrected chi connectivity index (χ0v) is 36.1. The molecule has 2 nitrogen and oxygen atoms in total. The molecule has 1 amide bonds. The Kier molecular flexibility index (Phi) is 16.1. The van der Waals surface area contributed by atoms with Crippen LogP contribution >= 0.6 is 0 Å². The fraction of sp³-hybridized carbons (Fsp3) is 0.767. The molecular formula is C30H66FNOSi7. The summed E-state index contributed by atoms with van der Waals surface area (Å²) in [7, 11) is -6.56. The lowest BCUT2D eigenvalue weighted by atomic mass is 10.3. The van der Waals surface area contributed by atoms with E-state index >= 15 is 0 Å². The minimum absolute atomic E-state index is 0.488. The average molecular weight is 672 g/mol. The molecule has 1 atom stereocenters. The third-order valence-corrected chi connectivity index (χ3v) is 46.6. The Morgan fingerprint density at radius 2 is 1.12 bits per heavy atom. The topological polar surface area (TPSA) is 20.3 Å². The molecule has 0 spiro atoms. The van der Waals surface area contributed by atoms with Crippen LogP contribution in [0.1, 0.15) is 6.42 Å². The predicted octanol–water partition coefficient (Wildman–Crippen LogP) is 10.2. The van der Waals surface area contributed by atoms with Crippen molar-refractivity contribution in [1.82, 2.24) is 0 Å². The molecule has 0 aliphatic carbocycles. The van der Waals surface area contributed by atoms with Gasteiger partial charge in [0.1, 0.15) is 0 Å². The molecule has 1 unspecified atom stereocenters. The van der Waals surface area contributed by atoms with Gasteiger partial charge in [0, 0.05) is 70.9 Å². The molecular weight excluding hydrogens is 606 g/mol. The van der Waals surface area contributed by atoms with Crippen molar-refractivity contribution in [1.29, 1.82) is 0 Å². The number of amides is 1. The van der Waals surface area contributed by atoms with E-state index in [0.717, 1.165) is 6.42 Å². The maximum atomic E-state index is 13.8. The van der Waals surface area contributed by atoms with Gasteiger partial charge < -0.3 is 0 Å². The van der Waals surface area contributed by atoms with Gasteiger partial charge in [0.05, 0.1) is 0 Å². The predicted molar refractivity (Wildman–Crippen MR) is 203 cm³/mol. The van der Waals surface area contributed by atoms with E-state index in [4.69, 9.17) is 0 Å². The number of hydrogen-bond donors (Lipinski definition) is 0. The van der Waals surface area contributed by atoms with Gasteiger partial charge in [-0.2, -0.15) is 0 Å². The van der Waals surface area contributed by atoms with Crippen molar-refractivity contribution in [2.45, 2.75) is 138 Å².